The monoisotopic (exact) mass is 362 g/mol. The fraction of sp³-hybridized carbons (Fsp3) is 0.538. The van der Waals surface area contributed by atoms with Crippen molar-refractivity contribution in [2.75, 3.05) is 32.5 Å². The third-order valence-corrected chi connectivity index (χ3v) is 6.32. The second-order valence-electron chi connectivity index (χ2n) is 5.02. The molecule has 2 N–H and O–H groups in total. The molecule has 1 atom stereocenters. The number of halogens is 1. The Kier molecular flexibility index (Phi) is 5.06. The van der Waals surface area contributed by atoms with Crippen LogP contribution < -0.4 is 5.73 Å². The molecular formula is C13H19BrN2O3S. The van der Waals surface area contributed by atoms with Crippen LogP contribution in [0.2, 0.25) is 0 Å². The smallest absolute Gasteiger partial charge is 0.244 e. The van der Waals surface area contributed by atoms with Gasteiger partial charge >= 0.3 is 0 Å². The van der Waals surface area contributed by atoms with Crippen LogP contribution >= 0.6 is 15.9 Å². The highest BCUT2D eigenvalue weighted by atomic mass is 79.9. The summed E-state index contributed by atoms with van der Waals surface area (Å²) in [6, 6.07) is 4.84. The van der Waals surface area contributed by atoms with Gasteiger partial charge in [0, 0.05) is 30.4 Å². The number of hydrogen-bond donors (Lipinski definition) is 1. The summed E-state index contributed by atoms with van der Waals surface area (Å²) in [5.41, 5.74) is 6.15. The van der Waals surface area contributed by atoms with Gasteiger partial charge in [0.15, 0.2) is 0 Å². The van der Waals surface area contributed by atoms with Crippen molar-refractivity contribution in [1.82, 2.24) is 4.31 Å². The third kappa shape index (κ3) is 3.33. The number of methoxy groups -OCH3 is 1. The Labute approximate surface area is 128 Å². The molecule has 0 bridgehead atoms. The lowest BCUT2D eigenvalue weighted by molar-refractivity contribution is 0.118. The highest BCUT2D eigenvalue weighted by Gasteiger charge is 2.31. The molecule has 1 heterocycles. The van der Waals surface area contributed by atoms with Crippen molar-refractivity contribution in [3.8, 4) is 0 Å². The minimum absolute atomic E-state index is 0.232. The predicted molar refractivity (Wildman–Crippen MR) is 81.9 cm³/mol. The lowest BCUT2D eigenvalue weighted by Gasteiger charge is -2.31. The molecule has 2 rings (SSSR count). The zero-order valence-corrected chi connectivity index (χ0v) is 13.8. The summed E-state index contributed by atoms with van der Waals surface area (Å²) < 4.78 is 32.6. The maximum atomic E-state index is 12.7. The van der Waals surface area contributed by atoms with Crippen LogP contribution in [-0.2, 0) is 14.8 Å². The molecule has 0 spiro atoms. The standard InChI is InChI=1S/C13H19BrN2O3S/c1-19-9-10-3-2-6-16(8-10)20(17,18)13-7-11(15)4-5-12(13)14/h4-5,7,10H,2-3,6,8-9,15H2,1H3. The molecule has 1 fully saturated rings. The van der Waals surface area contributed by atoms with Gasteiger partial charge < -0.3 is 10.5 Å². The van der Waals surface area contributed by atoms with Gasteiger partial charge in [0.1, 0.15) is 0 Å². The molecule has 1 aliphatic heterocycles. The minimum atomic E-state index is -3.52. The normalized spacial score (nSPS) is 21.0. The molecular weight excluding hydrogens is 344 g/mol. The van der Waals surface area contributed by atoms with Crippen molar-refractivity contribution in [2.45, 2.75) is 17.7 Å². The molecule has 0 amide bonds. The number of sulfonamides is 1. The topological polar surface area (TPSA) is 72.6 Å². The van der Waals surface area contributed by atoms with Crippen LogP contribution in [0, 0.1) is 5.92 Å². The van der Waals surface area contributed by atoms with Gasteiger partial charge in [-0.2, -0.15) is 4.31 Å². The number of hydrogen-bond acceptors (Lipinski definition) is 4. The Bertz CT molecular complexity index is 575. The lowest BCUT2D eigenvalue weighted by atomic mass is 10.0. The van der Waals surface area contributed by atoms with Gasteiger partial charge in [0.05, 0.1) is 11.5 Å². The van der Waals surface area contributed by atoms with Crippen LogP contribution in [-0.4, -0.2) is 39.5 Å². The lowest BCUT2D eigenvalue weighted by Crippen LogP contribution is -2.41. The van der Waals surface area contributed by atoms with Crippen LogP contribution in [0.3, 0.4) is 0 Å². The van der Waals surface area contributed by atoms with Gasteiger partial charge in [-0.3, -0.25) is 0 Å². The molecule has 0 radical (unpaired) electrons. The Morgan fingerprint density at radius 3 is 2.95 bits per heavy atom. The van der Waals surface area contributed by atoms with Gasteiger partial charge in [0.25, 0.3) is 0 Å². The number of benzene rings is 1. The molecule has 1 aliphatic rings. The van der Waals surface area contributed by atoms with E-state index in [1.165, 1.54) is 10.4 Å². The van der Waals surface area contributed by atoms with E-state index in [0.29, 0.717) is 29.9 Å². The van der Waals surface area contributed by atoms with E-state index in [-0.39, 0.29) is 10.8 Å². The Hall–Kier alpha value is -0.630. The number of ether oxygens (including phenoxy) is 1. The van der Waals surface area contributed by atoms with Crippen molar-refractivity contribution in [1.29, 1.82) is 0 Å². The SMILES string of the molecule is COCC1CCCN(S(=O)(=O)c2cc(N)ccc2Br)C1. The molecule has 1 aromatic carbocycles. The predicted octanol–water partition coefficient (Wildman–Crippen LogP) is 2.08. The Balaban J connectivity index is 2.27. The van der Waals surface area contributed by atoms with Gasteiger partial charge in [-0.25, -0.2) is 8.42 Å². The summed E-state index contributed by atoms with van der Waals surface area (Å²) in [5.74, 6) is 0.253. The molecule has 1 unspecified atom stereocenters. The number of piperidine rings is 1. The number of nitrogens with two attached hydrogens (primary N) is 1. The van der Waals surface area contributed by atoms with Gasteiger partial charge in [-0.15, -0.1) is 0 Å². The third-order valence-electron chi connectivity index (χ3n) is 3.46. The molecule has 0 aromatic heterocycles. The first-order chi connectivity index (χ1) is 9.45. The first kappa shape index (κ1) is 15.8. The average molecular weight is 363 g/mol. The van der Waals surface area contributed by atoms with E-state index >= 15 is 0 Å². The maximum absolute atomic E-state index is 12.7. The molecule has 0 aliphatic carbocycles. The summed E-state index contributed by atoms with van der Waals surface area (Å²) in [7, 11) is -1.87. The first-order valence-electron chi connectivity index (χ1n) is 6.49. The van der Waals surface area contributed by atoms with Crippen molar-refractivity contribution in [2.24, 2.45) is 5.92 Å². The van der Waals surface area contributed by atoms with Crippen molar-refractivity contribution in [3.05, 3.63) is 22.7 Å². The van der Waals surface area contributed by atoms with E-state index in [2.05, 4.69) is 15.9 Å². The highest BCUT2D eigenvalue weighted by molar-refractivity contribution is 9.10. The fourth-order valence-corrected chi connectivity index (χ4v) is 4.99. The summed E-state index contributed by atoms with van der Waals surface area (Å²) in [6.45, 7) is 1.63. The van der Waals surface area contributed by atoms with Crippen molar-refractivity contribution < 1.29 is 13.2 Å². The second kappa shape index (κ2) is 6.43. The quantitative estimate of drug-likeness (QED) is 0.832. The van der Waals surface area contributed by atoms with E-state index in [4.69, 9.17) is 10.5 Å². The van der Waals surface area contributed by atoms with Crippen molar-refractivity contribution in [3.63, 3.8) is 0 Å². The fourth-order valence-electron chi connectivity index (χ4n) is 2.47. The van der Waals surface area contributed by atoms with E-state index in [1.54, 1.807) is 19.2 Å². The molecule has 0 saturated carbocycles. The molecule has 112 valence electrons. The number of nitrogens with zero attached hydrogens (tertiary/aromatic N) is 1. The number of nitrogen functional groups attached to an aromatic ring is 1. The molecule has 5 nitrogen and oxygen atoms in total. The van der Waals surface area contributed by atoms with Crippen molar-refractivity contribution >= 4 is 31.6 Å². The van der Waals surface area contributed by atoms with Gasteiger partial charge in [-0.05, 0) is 52.9 Å². The molecule has 7 heteroatoms. The Morgan fingerprint density at radius 2 is 2.25 bits per heavy atom. The second-order valence-corrected chi connectivity index (χ2v) is 7.78. The summed E-state index contributed by atoms with van der Waals surface area (Å²) in [5, 5.41) is 0. The zero-order valence-electron chi connectivity index (χ0n) is 11.4. The number of anilines is 1. The van der Waals surface area contributed by atoms with E-state index in [9.17, 15) is 8.42 Å². The summed E-state index contributed by atoms with van der Waals surface area (Å²) in [4.78, 5) is 0.232. The molecule has 1 saturated heterocycles. The van der Waals surface area contributed by atoms with Crippen LogP contribution in [0.15, 0.2) is 27.6 Å². The van der Waals surface area contributed by atoms with Crippen LogP contribution in [0.1, 0.15) is 12.8 Å². The largest absolute Gasteiger partial charge is 0.399 e. The minimum Gasteiger partial charge on any atom is -0.399 e. The first-order valence-corrected chi connectivity index (χ1v) is 8.72. The van der Waals surface area contributed by atoms with E-state index in [0.717, 1.165) is 12.8 Å². The van der Waals surface area contributed by atoms with Crippen LogP contribution in [0.25, 0.3) is 0 Å². The maximum Gasteiger partial charge on any atom is 0.244 e. The molecule has 20 heavy (non-hydrogen) atoms. The Morgan fingerprint density at radius 1 is 1.50 bits per heavy atom. The van der Waals surface area contributed by atoms with Gasteiger partial charge in [-0.1, -0.05) is 0 Å². The van der Waals surface area contributed by atoms with E-state index < -0.39 is 10.0 Å². The van der Waals surface area contributed by atoms with Gasteiger partial charge in [0.2, 0.25) is 10.0 Å². The highest BCUT2D eigenvalue weighted by Crippen LogP contribution is 2.30. The summed E-state index contributed by atoms with van der Waals surface area (Å²) >= 11 is 3.29. The van der Waals surface area contributed by atoms with Crippen LogP contribution in [0.4, 0.5) is 5.69 Å². The van der Waals surface area contributed by atoms with E-state index in [1.807, 2.05) is 0 Å². The molecule has 1 aromatic rings. The summed E-state index contributed by atoms with van der Waals surface area (Å²) in [6.07, 6.45) is 1.85. The zero-order chi connectivity index (χ0) is 14.8. The van der Waals surface area contributed by atoms with Crippen LogP contribution in [0.5, 0.6) is 0 Å². The average Bonchev–Trinajstić information content (AvgIpc) is 2.42. The number of rotatable bonds is 4.